The Bertz CT molecular complexity index is 759. The number of rotatable bonds is 8. The largest absolute Gasteiger partial charge is 0.493 e. The zero-order valence-electron chi connectivity index (χ0n) is 15.8. The minimum absolute atomic E-state index is 0.206. The summed E-state index contributed by atoms with van der Waals surface area (Å²) in [5.41, 5.74) is 2.65. The molecule has 4 nitrogen and oxygen atoms in total. The van der Waals surface area contributed by atoms with Gasteiger partial charge in [0, 0.05) is 12.1 Å². The molecule has 26 heavy (non-hydrogen) atoms. The van der Waals surface area contributed by atoms with Crippen LogP contribution in [0.15, 0.2) is 36.4 Å². The third kappa shape index (κ3) is 5.40. The van der Waals surface area contributed by atoms with Crippen LogP contribution in [0.4, 0.5) is 0 Å². The van der Waals surface area contributed by atoms with Gasteiger partial charge >= 0.3 is 0 Å². The van der Waals surface area contributed by atoms with Gasteiger partial charge in [-0.2, -0.15) is 0 Å². The lowest BCUT2D eigenvalue weighted by atomic mass is 10.1. The van der Waals surface area contributed by atoms with Crippen LogP contribution in [-0.4, -0.2) is 19.6 Å². The van der Waals surface area contributed by atoms with Crippen LogP contribution in [0.2, 0.25) is 5.02 Å². The second kappa shape index (κ2) is 9.48. The van der Waals surface area contributed by atoms with Crippen molar-refractivity contribution in [3.05, 3.63) is 58.1 Å². The molecule has 0 heterocycles. The predicted molar refractivity (Wildman–Crippen MR) is 105 cm³/mol. The first-order valence-corrected chi connectivity index (χ1v) is 9.13. The summed E-state index contributed by atoms with van der Waals surface area (Å²) in [6.45, 7) is 7.28. The van der Waals surface area contributed by atoms with E-state index >= 15 is 0 Å². The van der Waals surface area contributed by atoms with Crippen LogP contribution in [0, 0.1) is 12.8 Å². The van der Waals surface area contributed by atoms with Crippen molar-refractivity contribution >= 4 is 17.5 Å². The second-order valence-electron chi connectivity index (χ2n) is 6.63. The van der Waals surface area contributed by atoms with E-state index in [-0.39, 0.29) is 5.91 Å². The first-order valence-electron chi connectivity index (χ1n) is 8.75. The molecule has 0 radical (unpaired) electrons. The molecule has 2 aromatic carbocycles. The van der Waals surface area contributed by atoms with Gasteiger partial charge in [-0.1, -0.05) is 49.7 Å². The Hall–Kier alpha value is -2.20. The number of amides is 1. The average molecular weight is 376 g/mol. The Kier molecular flexibility index (Phi) is 7.34. The van der Waals surface area contributed by atoms with Crippen molar-refractivity contribution in [3.63, 3.8) is 0 Å². The number of aryl methyl sites for hydroxylation is 1. The summed E-state index contributed by atoms with van der Waals surface area (Å²) in [7, 11) is 1.54. The van der Waals surface area contributed by atoms with E-state index in [0.29, 0.717) is 41.2 Å². The minimum atomic E-state index is -0.206. The highest BCUT2D eigenvalue weighted by Crippen LogP contribution is 2.36. The smallest absolute Gasteiger partial charge is 0.251 e. The number of ether oxygens (including phenoxy) is 2. The van der Waals surface area contributed by atoms with Crippen molar-refractivity contribution in [2.75, 3.05) is 13.7 Å². The van der Waals surface area contributed by atoms with Gasteiger partial charge < -0.3 is 14.8 Å². The lowest BCUT2D eigenvalue weighted by Gasteiger charge is -2.15. The first-order chi connectivity index (χ1) is 12.4. The molecule has 0 aromatic heterocycles. The van der Waals surface area contributed by atoms with E-state index in [9.17, 15) is 4.79 Å². The van der Waals surface area contributed by atoms with E-state index in [1.807, 2.05) is 31.2 Å². The van der Waals surface area contributed by atoms with Crippen molar-refractivity contribution in [3.8, 4) is 11.5 Å². The number of methoxy groups -OCH3 is 1. The van der Waals surface area contributed by atoms with Gasteiger partial charge in [-0.3, -0.25) is 4.79 Å². The van der Waals surface area contributed by atoms with Gasteiger partial charge in [0.2, 0.25) is 0 Å². The van der Waals surface area contributed by atoms with Gasteiger partial charge in [0.05, 0.1) is 18.7 Å². The third-order valence-electron chi connectivity index (χ3n) is 4.13. The maximum atomic E-state index is 12.5. The summed E-state index contributed by atoms with van der Waals surface area (Å²) in [6.07, 6.45) is 0.915. The summed E-state index contributed by atoms with van der Waals surface area (Å²) >= 11 is 6.33. The monoisotopic (exact) mass is 375 g/mol. The average Bonchev–Trinajstić information content (AvgIpc) is 2.61. The highest BCUT2D eigenvalue weighted by atomic mass is 35.5. The number of carbonyl (C=O) groups is 1. The molecule has 1 N–H and O–H groups in total. The SMILES string of the molecule is COc1cc(C(=O)NCc2ccccc2C)cc(Cl)c1OCCC(C)C. The minimum Gasteiger partial charge on any atom is -0.493 e. The van der Waals surface area contributed by atoms with Crippen LogP contribution >= 0.6 is 11.6 Å². The van der Waals surface area contributed by atoms with E-state index in [1.54, 1.807) is 12.1 Å². The summed E-state index contributed by atoms with van der Waals surface area (Å²) in [5.74, 6) is 1.26. The van der Waals surface area contributed by atoms with Crippen molar-refractivity contribution in [2.45, 2.75) is 33.7 Å². The quantitative estimate of drug-likeness (QED) is 0.705. The molecular formula is C21H26ClNO3. The molecule has 2 aromatic rings. The Morgan fingerprint density at radius 1 is 1.23 bits per heavy atom. The van der Waals surface area contributed by atoms with Gasteiger partial charge in [0.25, 0.3) is 5.91 Å². The van der Waals surface area contributed by atoms with Crippen LogP contribution in [0.25, 0.3) is 0 Å². The van der Waals surface area contributed by atoms with Crippen molar-refractivity contribution in [2.24, 2.45) is 5.92 Å². The number of hydrogen-bond donors (Lipinski definition) is 1. The van der Waals surface area contributed by atoms with Crippen LogP contribution in [0.5, 0.6) is 11.5 Å². The third-order valence-corrected chi connectivity index (χ3v) is 4.41. The molecule has 0 bridgehead atoms. The van der Waals surface area contributed by atoms with Crippen molar-refractivity contribution in [1.82, 2.24) is 5.32 Å². The zero-order chi connectivity index (χ0) is 19.1. The molecule has 0 atom stereocenters. The van der Waals surface area contributed by atoms with Crippen LogP contribution in [-0.2, 0) is 6.54 Å². The molecule has 2 rings (SSSR count). The Balaban J connectivity index is 2.10. The summed E-state index contributed by atoms with van der Waals surface area (Å²) < 4.78 is 11.1. The summed E-state index contributed by atoms with van der Waals surface area (Å²) in [5, 5.41) is 3.29. The van der Waals surface area contributed by atoms with Crippen molar-refractivity contribution < 1.29 is 14.3 Å². The lowest BCUT2D eigenvalue weighted by molar-refractivity contribution is 0.0950. The summed E-state index contributed by atoms with van der Waals surface area (Å²) in [6, 6.07) is 11.2. The van der Waals surface area contributed by atoms with Crippen molar-refractivity contribution in [1.29, 1.82) is 0 Å². The molecule has 0 fully saturated rings. The van der Waals surface area contributed by atoms with E-state index in [4.69, 9.17) is 21.1 Å². The molecule has 5 heteroatoms. The highest BCUT2D eigenvalue weighted by Gasteiger charge is 2.16. The zero-order valence-corrected chi connectivity index (χ0v) is 16.5. The molecular weight excluding hydrogens is 350 g/mol. The van der Waals surface area contributed by atoms with Gasteiger partial charge in [-0.15, -0.1) is 0 Å². The maximum Gasteiger partial charge on any atom is 0.251 e. The number of benzene rings is 2. The fourth-order valence-corrected chi connectivity index (χ4v) is 2.74. The number of halogens is 1. The second-order valence-corrected chi connectivity index (χ2v) is 7.04. The molecule has 0 saturated carbocycles. The van der Waals surface area contributed by atoms with Gasteiger partial charge in [-0.05, 0) is 42.5 Å². The van der Waals surface area contributed by atoms with E-state index in [2.05, 4.69) is 19.2 Å². The van der Waals surface area contributed by atoms with Crippen LogP contribution in [0.1, 0.15) is 41.8 Å². The molecule has 140 valence electrons. The molecule has 0 aliphatic rings. The fraction of sp³-hybridized carbons (Fsp3) is 0.381. The van der Waals surface area contributed by atoms with E-state index in [1.165, 1.54) is 7.11 Å². The first kappa shape index (κ1) is 20.1. The van der Waals surface area contributed by atoms with Gasteiger partial charge in [0.1, 0.15) is 0 Å². The van der Waals surface area contributed by atoms with Crippen LogP contribution < -0.4 is 14.8 Å². The molecule has 0 unspecified atom stereocenters. The predicted octanol–water partition coefficient (Wildman–Crippen LogP) is 5.01. The molecule has 0 saturated heterocycles. The number of nitrogens with one attached hydrogen (secondary N) is 1. The van der Waals surface area contributed by atoms with E-state index < -0.39 is 0 Å². The topological polar surface area (TPSA) is 47.6 Å². The number of carbonyl (C=O) groups excluding carboxylic acids is 1. The molecule has 0 aliphatic heterocycles. The Labute approximate surface area is 160 Å². The molecule has 1 amide bonds. The highest BCUT2D eigenvalue weighted by molar-refractivity contribution is 6.32. The lowest BCUT2D eigenvalue weighted by Crippen LogP contribution is -2.23. The molecule has 0 spiro atoms. The standard InChI is InChI=1S/C21H26ClNO3/c1-14(2)9-10-26-20-18(22)11-17(12-19(20)25-4)21(24)23-13-16-8-6-5-7-15(16)3/h5-8,11-12,14H,9-10,13H2,1-4H3,(H,23,24). The van der Waals surface area contributed by atoms with Gasteiger partial charge in [0.15, 0.2) is 11.5 Å². The molecule has 0 aliphatic carbocycles. The Morgan fingerprint density at radius 3 is 2.62 bits per heavy atom. The van der Waals surface area contributed by atoms with E-state index in [0.717, 1.165) is 17.5 Å². The summed E-state index contributed by atoms with van der Waals surface area (Å²) in [4.78, 5) is 12.5. The Morgan fingerprint density at radius 2 is 1.96 bits per heavy atom. The maximum absolute atomic E-state index is 12.5. The normalized spacial score (nSPS) is 10.7. The number of hydrogen-bond acceptors (Lipinski definition) is 3. The fourth-order valence-electron chi connectivity index (χ4n) is 2.47. The van der Waals surface area contributed by atoms with Crippen LogP contribution in [0.3, 0.4) is 0 Å². The van der Waals surface area contributed by atoms with Gasteiger partial charge in [-0.25, -0.2) is 0 Å².